The van der Waals surface area contributed by atoms with Gasteiger partial charge in [-0.25, -0.2) is 0 Å². The van der Waals surface area contributed by atoms with Crippen molar-refractivity contribution < 1.29 is 28.6 Å². The first kappa shape index (κ1) is 23.8. The van der Waals surface area contributed by atoms with Crippen molar-refractivity contribution in [3.63, 3.8) is 0 Å². The molecule has 8 nitrogen and oxygen atoms in total. The number of ketones is 1. The molecule has 4 rings (SSSR count). The van der Waals surface area contributed by atoms with Crippen LogP contribution in [0.4, 0.5) is 5.69 Å². The first-order valence-corrected chi connectivity index (χ1v) is 11.5. The zero-order valence-corrected chi connectivity index (χ0v) is 19.8. The fourth-order valence-electron chi connectivity index (χ4n) is 4.09. The molecule has 180 valence electrons. The van der Waals surface area contributed by atoms with Gasteiger partial charge in [-0.2, -0.15) is 0 Å². The normalized spacial score (nSPS) is 18.1. The molecule has 2 amide bonds. The summed E-state index contributed by atoms with van der Waals surface area (Å²) in [7, 11) is 0. The Morgan fingerprint density at radius 2 is 2.00 bits per heavy atom. The second kappa shape index (κ2) is 10.3. The number of fused-ring (bicyclic) bond motifs is 1. The molecule has 8 heteroatoms. The van der Waals surface area contributed by atoms with Crippen LogP contribution < -0.4 is 19.7 Å². The molecule has 2 aliphatic rings. The van der Waals surface area contributed by atoms with Gasteiger partial charge in [0.1, 0.15) is 17.5 Å². The fraction of sp³-hybridized carbons (Fsp3) is 0.423. The third kappa shape index (κ3) is 5.22. The van der Waals surface area contributed by atoms with E-state index in [1.54, 1.807) is 25.1 Å². The summed E-state index contributed by atoms with van der Waals surface area (Å²) in [5.41, 5.74) is 3.00. The Bertz CT molecular complexity index is 1090. The number of rotatable bonds is 8. The molecule has 2 aromatic rings. The lowest BCUT2D eigenvalue weighted by molar-refractivity contribution is -0.127. The maximum Gasteiger partial charge on any atom is 0.265 e. The molecule has 0 unspecified atom stereocenters. The molecule has 1 fully saturated rings. The van der Waals surface area contributed by atoms with Crippen LogP contribution in [0, 0.1) is 13.8 Å². The molecule has 2 aromatic carbocycles. The number of carbonyl (C=O) groups excluding carboxylic acids is 3. The quantitative estimate of drug-likeness (QED) is 0.601. The number of nitrogens with zero attached hydrogens (tertiary/aromatic N) is 1. The highest BCUT2D eigenvalue weighted by Crippen LogP contribution is 2.34. The summed E-state index contributed by atoms with van der Waals surface area (Å²) in [5.74, 6) is 0.195. The average molecular weight is 467 g/mol. The molecule has 1 N–H and O–H groups in total. The minimum Gasteiger partial charge on any atom is -0.485 e. The molecule has 34 heavy (non-hydrogen) atoms. The Hall–Kier alpha value is -3.39. The van der Waals surface area contributed by atoms with Crippen LogP contribution in [-0.2, 0) is 14.3 Å². The highest BCUT2D eigenvalue weighted by Gasteiger charge is 2.34. The molecule has 2 atom stereocenters. The van der Waals surface area contributed by atoms with E-state index < -0.39 is 6.04 Å². The van der Waals surface area contributed by atoms with Gasteiger partial charge in [0, 0.05) is 18.7 Å². The Morgan fingerprint density at radius 3 is 2.74 bits per heavy atom. The molecule has 2 heterocycles. The Balaban J connectivity index is 1.46. The van der Waals surface area contributed by atoms with Crippen molar-refractivity contribution in [3.8, 4) is 11.5 Å². The van der Waals surface area contributed by atoms with Crippen molar-refractivity contribution in [3.05, 3.63) is 53.1 Å². The van der Waals surface area contributed by atoms with Crippen LogP contribution in [0.25, 0.3) is 0 Å². The topological polar surface area (TPSA) is 94.2 Å². The number of hydrogen-bond donors (Lipinski definition) is 1. The van der Waals surface area contributed by atoms with Crippen LogP contribution in [0.1, 0.15) is 41.3 Å². The van der Waals surface area contributed by atoms with Gasteiger partial charge in [-0.15, -0.1) is 0 Å². The van der Waals surface area contributed by atoms with Gasteiger partial charge in [0.25, 0.3) is 5.91 Å². The molecule has 0 radical (unpaired) electrons. The number of carbonyl (C=O) groups is 3. The Labute approximate surface area is 199 Å². The van der Waals surface area contributed by atoms with Gasteiger partial charge in [-0.05, 0) is 75.1 Å². The van der Waals surface area contributed by atoms with Gasteiger partial charge in [0.05, 0.1) is 11.8 Å². The predicted molar refractivity (Wildman–Crippen MR) is 127 cm³/mol. The van der Waals surface area contributed by atoms with Gasteiger partial charge < -0.3 is 19.5 Å². The third-order valence-corrected chi connectivity index (χ3v) is 6.30. The summed E-state index contributed by atoms with van der Waals surface area (Å²) in [6, 6.07) is 9.76. The highest BCUT2D eigenvalue weighted by molar-refractivity contribution is 6.05. The molecule has 2 aliphatic heterocycles. The SMILES string of the molecule is Cc1ccc(OCC(=O)c2ccc3c(c2)N([C@H](C)C(=O)NC[C@@H]2CCCO2)C(=O)CO3)cc1C. The molecular formula is C26H30N2O6. The van der Waals surface area contributed by atoms with Crippen LogP contribution in [-0.4, -0.2) is 56.1 Å². The van der Waals surface area contributed by atoms with E-state index in [0.29, 0.717) is 35.9 Å². The van der Waals surface area contributed by atoms with Crippen LogP contribution in [0.15, 0.2) is 36.4 Å². The second-order valence-electron chi connectivity index (χ2n) is 8.75. The number of anilines is 1. The van der Waals surface area contributed by atoms with E-state index in [2.05, 4.69) is 5.32 Å². The number of benzene rings is 2. The van der Waals surface area contributed by atoms with E-state index in [1.165, 1.54) is 4.90 Å². The number of amides is 2. The van der Waals surface area contributed by atoms with Crippen molar-refractivity contribution in [1.29, 1.82) is 0 Å². The zero-order valence-electron chi connectivity index (χ0n) is 19.8. The number of aryl methyl sites for hydroxylation is 2. The van der Waals surface area contributed by atoms with Crippen LogP contribution >= 0.6 is 0 Å². The lowest BCUT2D eigenvalue weighted by atomic mass is 10.1. The summed E-state index contributed by atoms with van der Waals surface area (Å²) in [4.78, 5) is 39.7. The molecule has 0 bridgehead atoms. The summed E-state index contributed by atoms with van der Waals surface area (Å²) in [6.45, 7) is 6.45. The monoisotopic (exact) mass is 466 g/mol. The number of Topliss-reactive ketones (excluding diaryl/α,β-unsaturated/α-hetero) is 1. The van der Waals surface area contributed by atoms with E-state index in [1.807, 2.05) is 32.0 Å². The summed E-state index contributed by atoms with van der Waals surface area (Å²) in [6.07, 6.45) is 1.89. The van der Waals surface area contributed by atoms with Crippen molar-refractivity contribution in [2.24, 2.45) is 0 Å². The molecule has 0 aliphatic carbocycles. The lowest BCUT2D eigenvalue weighted by Crippen LogP contribution is -2.52. The molecule has 0 spiro atoms. The van der Waals surface area contributed by atoms with E-state index in [9.17, 15) is 14.4 Å². The number of hydrogen-bond acceptors (Lipinski definition) is 6. The third-order valence-electron chi connectivity index (χ3n) is 6.30. The van der Waals surface area contributed by atoms with Gasteiger partial charge in [-0.3, -0.25) is 19.3 Å². The van der Waals surface area contributed by atoms with Gasteiger partial charge in [-0.1, -0.05) is 6.07 Å². The summed E-state index contributed by atoms with van der Waals surface area (Å²) >= 11 is 0. The number of nitrogens with one attached hydrogen (secondary N) is 1. The standard InChI is InChI=1S/C26H30N2O6/c1-16-6-8-20(11-17(16)2)33-14-23(29)19-7-9-24-22(12-19)28(25(30)15-34-24)18(3)26(31)27-13-21-5-4-10-32-21/h6-9,11-12,18,21H,4-5,10,13-15H2,1-3H3,(H,27,31)/t18-,21+/m1/s1. The van der Waals surface area contributed by atoms with Crippen molar-refractivity contribution in [2.45, 2.75) is 45.8 Å². The smallest absolute Gasteiger partial charge is 0.265 e. The lowest BCUT2D eigenvalue weighted by Gasteiger charge is -2.33. The average Bonchev–Trinajstić information content (AvgIpc) is 3.36. The molecular weight excluding hydrogens is 436 g/mol. The first-order valence-electron chi connectivity index (χ1n) is 11.5. The summed E-state index contributed by atoms with van der Waals surface area (Å²) in [5, 5.41) is 2.87. The number of ether oxygens (including phenoxy) is 3. The van der Waals surface area contributed by atoms with Gasteiger partial charge >= 0.3 is 0 Å². The molecule has 0 aromatic heterocycles. The Kier molecular flexibility index (Phi) is 7.17. The maximum atomic E-state index is 12.8. The van der Waals surface area contributed by atoms with Gasteiger partial charge in [0.15, 0.2) is 19.0 Å². The maximum absolute atomic E-state index is 12.8. The van der Waals surface area contributed by atoms with Crippen molar-refractivity contribution in [1.82, 2.24) is 5.32 Å². The second-order valence-corrected chi connectivity index (χ2v) is 8.75. The van der Waals surface area contributed by atoms with E-state index >= 15 is 0 Å². The minimum atomic E-state index is -0.770. The zero-order chi connectivity index (χ0) is 24.2. The predicted octanol–water partition coefficient (Wildman–Crippen LogP) is 2.97. The van der Waals surface area contributed by atoms with Crippen molar-refractivity contribution in [2.75, 3.05) is 31.3 Å². The van der Waals surface area contributed by atoms with Crippen LogP contribution in [0.5, 0.6) is 11.5 Å². The largest absolute Gasteiger partial charge is 0.485 e. The van der Waals surface area contributed by atoms with Crippen LogP contribution in [0.3, 0.4) is 0 Å². The Morgan fingerprint density at radius 1 is 1.18 bits per heavy atom. The van der Waals surface area contributed by atoms with Crippen LogP contribution in [0.2, 0.25) is 0 Å². The summed E-state index contributed by atoms with van der Waals surface area (Å²) < 4.78 is 16.8. The fourth-order valence-corrected chi connectivity index (χ4v) is 4.09. The van der Waals surface area contributed by atoms with E-state index in [0.717, 1.165) is 24.0 Å². The first-order chi connectivity index (χ1) is 16.3. The minimum absolute atomic E-state index is 0.00497. The van der Waals surface area contributed by atoms with E-state index in [-0.39, 0.29) is 36.9 Å². The van der Waals surface area contributed by atoms with Gasteiger partial charge in [0.2, 0.25) is 5.91 Å². The van der Waals surface area contributed by atoms with E-state index in [4.69, 9.17) is 14.2 Å². The molecule has 0 saturated carbocycles. The molecule has 1 saturated heterocycles. The highest BCUT2D eigenvalue weighted by atomic mass is 16.5. The van der Waals surface area contributed by atoms with Crippen molar-refractivity contribution >= 4 is 23.3 Å².